The molecular formula is C12H24N2O2. The molecule has 0 saturated carbocycles. The SMILES string of the molecule is CC1OC(C)C(C(NN)C2CCOC2)C1C. The molecule has 2 fully saturated rings. The lowest BCUT2D eigenvalue weighted by molar-refractivity contribution is 0.0437. The van der Waals surface area contributed by atoms with Gasteiger partial charge in [-0.25, -0.2) is 0 Å². The van der Waals surface area contributed by atoms with Gasteiger partial charge in [0, 0.05) is 24.5 Å². The van der Waals surface area contributed by atoms with Crippen LogP contribution in [0.1, 0.15) is 27.2 Å². The van der Waals surface area contributed by atoms with E-state index in [1.54, 1.807) is 0 Å². The van der Waals surface area contributed by atoms with Gasteiger partial charge in [-0.3, -0.25) is 11.3 Å². The zero-order valence-corrected chi connectivity index (χ0v) is 10.5. The van der Waals surface area contributed by atoms with E-state index in [1.165, 1.54) is 0 Å². The van der Waals surface area contributed by atoms with Crippen molar-refractivity contribution in [2.24, 2.45) is 23.6 Å². The molecule has 3 N–H and O–H groups in total. The number of rotatable bonds is 3. The molecule has 2 aliphatic rings. The summed E-state index contributed by atoms with van der Waals surface area (Å²) in [6, 6.07) is 0.317. The van der Waals surface area contributed by atoms with Crippen LogP contribution in [0.3, 0.4) is 0 Å². The third kappa shape index (κ3) is 2.12. The van der Waals surface area contributed by atoms with Crippen molar-refractivity contribution in [2.75, 3.05) is 13.2 Å². The summed E-state index contributed by atoms with van der Waals surface area (Å²) < 4.78 is 11.4. The fourth-order valence-electron chi connectivity index (χ4n) is 3.31. The highest BCUT2D eigenvalue weighted by molar-refractivity contribution is 4.94. The van der Waals surface area contributed by atoms with E-state index < -0.39 is 0 Å². The van der Waals surface area contributed by atoms with Gasteiger partial charge in [0.05, 0.1) is 18.8 Å². The van der Waals surface area contributed by atoms with Crippen LogP contribution >= 0.6 is 0 Å². The largest absolute Gasteiger partial charge is 0.381 e. The Morgan fingerprint density at radius 3 is 2.44 bits per heavy atom. The van der Waals surface area contributed by atoms with Gasteiger partial charge in [0.1, 0.15) is 0 Å². The summed E-state index contributed by atoms with van der Waals surface area (Å²) in [5, 5.41) is 0. The summed E-state index contributed by atoms with van der Waals surface area (Å²) in [5.41, 5.74) is 3.01. The van der Waals surface area contributed by atoms with Crippen molar-refractivity contribution in [2.45, 2.75) is 45.4 Å². The molecule has 0 aromatic heterocycles. The van der Waals surface area contributed by atoms with Crippen LogP contribution in [0.5, 0.6) is 0 Å². The van der Waals surface area contributed by atoms with Crippen molar-refractivity contribution in [1.29, 1.82) is 0 Å². The highest BCUT2D eigenvalue weighted by Gasteiger charge is 2.44. The molecule has 2 heterocycles. The zero-order valence-electron chi connectivity index (χ0n) is 10.5. The maximum absolute atomic E-state index is 5.89. The second kappa shape index (κ2) is 5.00. The molecule has 4 heteroatoms. The first-order valence-corrected chi connectivity index (χ1v) is 6.34. The maximum atomic E-state index is 5.89. The maximum Gasteiger partial charge on any atom is 0.0597 e. The van der Waals surface area contributed by atoms with Gasteiger partial charge in [-0.05, 0) is 26.2 Å². The number of nitrogens with one attached hydrogen (secondary N) is 1. The Hall–Kier alpha value is -0.160. The minimum atomic E-state index is 0.284. The highest BCUT2D eigenvalue weighted by atomic mass is 16.5. The van der Waals surface area contributed by atoms with Crippen molar-refractivity contribution < 1.29 is 9.47 Å². The lowest BCUT2D eigenvalue weighted by Gasteiger charge is -2.32. The minimum Gasteiger partial charge on any atom is -0.381 e. The van der Waals surface area contributed by atoms with Crippen molar-refractivity contribution in [3.63, 3.8) is 0 Å². The summed E-state index contributed by atoms with van der Waals surface area (Å²) in [6.45, 7) is 8.28. The van der Waals surface area contributed by atoms with E-state index in [9.17, 15) is 0 Å². The third-order valence-electron chi connectivity index (χ3n) is 4.40. The molecular weight excluding hydrogens is 204 g/mol. The molecule has 6 atom stereocenters. The molecule has 16 heavy (non-hydrogen) atoms. The van der Waals surface area contributed by atoms with Crippen molar-refractivity contribution in [3.8, 4) is 0 Å². The average molecular weight is 228 g/mol. The molecule has 6 unspecified atom stereocenters. The van der Waals surface area contributed by atoms with E-state index >= 15 is 0 Å². The number of hydrogen-bond acceptors (Lipinski definition) is 4. The van der Waals surface area contributed by atoms with Crippen LogP contribution in [-0.2, 0) is 9.47 Å². The van der Waals surface area contributed by atoms with Crippen molar-refractivity contribution >= 4 is 0 Å². The number of nitrogens with two attached hydrogens (primary N) is 1. The van der Waals surface area contributed by atoms with Crippen LogP contribution in [0.2, 0.25) is 0 Å². The van der Waals surface area contributed by atoms with Crippen LogP contribution in [-0.4, -0.2) is 31.5 Å². The van der Waals surface area contributed by atoms with Crippen LogP contribution in [0.4, 0.5) is 0 Å². The Bertz CT molecular complexity index is 231. The molecule has 0 aromatic rings. The van der Waals surface area contributed by atoms with E-state index in [0.717, 1.165) is 19.6 Å². The lowest BCUT2D eigenvalue weighted by Crippen LogP contribution is -2.50. The molecule has 0 spiro atoms. The first kappa shape index (κ1) is 12.3. The first-order chi connectivity index (χ1) is 7.65. The van der Waals surface area contributed by atoms with Crippen molar-refractivity contribution in [3.05, 3.63) is 0 Å². The number of hydrazine groups is 1. The molecule has 0 aromatic carbocycles. The minimum absolute atomic E-state index is 0.284. The summed E-state index contributed by atoms with van der Waals surface area (Å²) in [6.07, 6.45) is 1.73. The first-order valence-electron chi connectivity index (χ1n) is 6.34. The third-order valence-corrected chi connectivity index (χ3v) is 4.40. The van der Waals surface area contributed by atoms with Crippen molar-refractivity contribution in [1.82, 2.24) is 5.43 Å². The van der Waals surface area contributed by atoms with E-state index in [1.807, 2.05) is 0 Å². The molecule has 2 rings (SSSR count). The van der Waals surface area contributed by atoms with Gasteiger partial charge in [0.2, 0.25) is 0 Å². The molecule has 4 nitrogen and oxygen atoms in total. The zero-order chi connectivity index (χ0) is 11.7. The molecule has 0 amide bonds. The summed E-state index contributed by atoms with van der Waals surface area (Å²) in [7, 11) is 0. The summed E-state index contributed by atoms with van der Waals surface area (Å²) >= 11 is 0. The second-order valence-electron chi connectivity index (χ2n) is 5.30. The Morgan fingerprint density at radius 1 is 1.25 bits per heavy atom. The molecule has 2 saturated heterocycles. The quantitative estimate of drug-likeness (QED) is 0.557. The monoisotopic (exact) mass is 228 g/mol. The Labute approximate surface area is 97.8 Å². The van der Waals surface area contributed by atoms with Gasteiger partial charge < -0.3 is 9.47 Å². The second-order valence-corrected chi connectivity index (χ2v) is 5.30. The topological polar surface area (TPSA) is 56.5 Å². The van der Waals surface area contributed by atoms with Crippen LogP contribution in [0.15, 0.2) is 0 Å². The van der Waals surface area contributed by atoms with E-state index in [0.29, 0.717) is 29.9 Å². The number of hydrogen-bond donors (Lipinski definition) is 2. The lowest BCUT2D eigenvalue weighted by atomic mass is 9.78. The van der Waals surface area contributed by atoms with E-state index in [2.05, 4.69) is 26.2 Å². The van der Waals surface area contributed by atoms with Gasteiger partial charge in [-0.15, -0.1) is 0 Å². The predicted octanol–water partition coefficient (Wildman–Crippen LogP) is 0.914. The van der Waals surface area contributed by atoms with Gasteiger partial charge in [0.15, 0.2) is 0 Å². The predicted molar refractivity (Wildman–Crippen MR) is 62.7 cm³/mol. The standard InChI is InChI=1S/C12H24N2O2/c1-7-8(2)16-9(3)11(7)12(14-13)10-4-5-15-6-10/h7-12,14H,4-6,13H2,1-3H3. The fourth-order valence-corrected chi connectivity index (χ4v) is 3.31. The van der Waals surface area contributed by atoms with Gasteiger partial charge >= 0.3 is 0 Å². The van der Waals surface area contributed by atoms with Gasteiger partial charge in [-0.1, -0.05) is 6.92 Å². The highest BCUT2D eigenvalue weighted by Crippen LogP contribution is 2.37. The Kier molecular flexibility index (Phi) is 3.85. The Balaban J connectivity index is 2.07. The average Bonchev–Trinajstić information content (AvgIpc) is 2.84. The van der Waals surface area contributed by atoms with Crippen LogP contribution < -0.4 is 11.3 Å². The summed E-state index contributed by atoms with van der Waals surface area (Å²) in [4.78, 5) is 0. The molecule has 0 aliphatic carbocycles. The van der Waals surface area contributed by atoms with E-state index in [-0.39, 0.29) is 6.10 Å². The summed E-state index contributed by atoms with van der Waals surface area (Å²) in [5.74, 6) is 7.32. The molecule has 0 radical (unpaired) electrons. The fraction of sp³-hybridized carbons (Fsp3) is 1.00. The van der Waals surface area contributed by atoms with Gasteiger partial charge in [-0.2, -0.15) is 0 Å². The molecule has 0 bridgehead atoms. The number of ether oxygens (including phenoxy) is 2. The normalized spacial score (nSPS) is 46.1. The molecule has 2 aliphatic heterocycles. The van der Waals surface area contributed by atoms with Crippen LogP contribution in [0.25, 0.3) is 0 Å². The van der Waals surface area contributed by atoms with Crippen LogP contribution in [0, 0.1) is 17.8 Å². The van der Waals surface area contributed by atoms with Gasteiger partial charge in [0.25, 0.3) is 0 Å². The Morgan fingerprint density at radius 2 is 2.00 bits per heavy atom. The molecule has 94 valence electrons. The van der Waals surface area contributed by atoms with E-state index in [4.69, 9.17) is 15.3 Å². The smallest absolute Gasteiger partial charge is 0.0597 e.